The predicted molar refractivity (Wildman–Crippen MR) is 36.5 cm³/mol. The zero-order chi connectivity index (χ0) is 5.82. The molecule has 1 radical (unpaired) electrons. The first-order valence-corrected chi connectivity index (χ1v) is 3.39. The van der Waals surface area contributed by atoms with Crippen molar-refractivity contribution in [3.63, 3.8) is 0 Å². The Kier molecular flexibility index (Phi) is 2.13. The second-order valence-electron chi connectivity index (χ2n) is 2.45. The highest BCUT2D eigenvalue weighted by atomic mass is 14.0. The lowest BCUT2D eigenvalue weighted by Gasteiger charge is -1.98. The van der Waals surface area contributed by atoms with Crippen molar-refractivity contribution in [2.75, 3.05) is 0 Å². The monoisotopic (exact) mass is 109 g/mol. The van der Waals surface area contributed by atoms with Gasteiger partial charge in [-0.1, -0.05) is 19.1 Å². The van der Waals surface area contributed by atoms with Crippen molar-refractivity contribution in [1.29, 1.82) is 0 Å². The quantitative estimate of drug-likeness (QED) is 0.419. The third-order valence-corrected chi connectivity index (χ3v) is 1.55. The molecule has 8 heavy (non-hydrogen) atoms. The number of hydrogen-bond donors (Lipinski definition) is 0. The molecule has 0 N–H and O–H groups in total. The maximum absolute atomic E-state index is 2.38. The predicted octanol–water partition coefficient (Wildman–Crippen LogP) is 2.57. The molecule has 1 aliphatic rings. The number of rotatable bonds is 0. The van der Waals surface area contributed by atoms with Gasteiger partial charge in [-0.25, -0.2) is 0 Å². The van der Waals surface area contributed by atoms with Crippen molar-refractivity contribution in [3.05, 3.63) is 18.6 Å². The summed E-state index contributed by atoms with van der Waals surface area (Å²) in [6.45, 7) is 2.24. The minimum Gasteiger partial charge on any atom is -0.0883 e. The van der Waals surface area contributed by atoms with E-state index in [0.717, 1.165) is 5.92 Å². The minimum absolute atomic E-state index is 0.720. The van der Waals surface area contributed by atoms with Gasteiger partial charge in [-0.15, -0.1) is 0 Å². The molecule has 1 rings (SSSR count). The number of allylic oxidation sites excluding steroid dienone is 2. The Morgan fingerprint density at radius 1 is 1.38 bits per heavy atom. The van der Waals surface area contributed by atoms with E-state index < -0.39 is 0 Å². The Bertz CT molecular complexity index is 82.0. The summed E-state index contributed by atoms with van der Waals surface area (Å²) in [5, 5.41) is 0. The Morgan fingerprint density at radius 2 is 2.25 bits per heavy atom. The van der Waals surface area contributed by atoms with Crippen LogP contribution in [0.5, 0.6) is 0 Å². The van der Waals surface area contributed by atoms with Crippen molar-refractivity contribution < 1.29 is 0 Å². The molecule has 0 spiro atoms. The fourth-order valence-electron chi connectivity index (χ4n) is 1.01. The van der Waals surface area contributed by atoms with Crippen molar-refractivity contribution in [3.8, 4) is 0 Å². The van der Waals surface area contributed by atoms with Crippen LogP contribution < -0.4 is 0 Å². The third-order valence-electron chi connectivity index (χ3n) is 1.55. The van der Waals surface area contributed by atoms with Crippen LogP contribution in [0.2, 0.25) is 0 Å². The molecule has 0 saturated carbocycles. The standard InChI is InChI=1S/C8H13/c1-8-6-4-2-3-5-7-8/h4,6-8H,2-3,5H2,1H3. The van der Waals surface area contributed by atoms with E-state index in [9.17, 15) is 0 Å². The molecule has 0 heteroatoms. The number of hydrogen-bond acceptors (Lipinski definition) is 0. The van der Waals surface area contributed by atoms with Crippen LogP contribution in [0.25, 0.3) is 0 Å². The largest absolute Gasteiger partial charge is 0.0883 e. The van der Waals surface area contributed by atoms with Gasteiger partial charge in [-0.05, 0) is 31.6 Å². The molecule has 1 atom stereocenters. The van der Waals surface area contributed by atoms with Gasteiger partial charge < -0.3 is 0 Å². The van der Waals surface area contributed by atoms with Gasteiger partial charge in [-0.2, -0.15) is 0 Å². The van der Waals surface area contributed by atoms with E-state index in [1.165, 1.54) is 19.3 Å². The summed E-state index contributed by atoms with van der Waals surface area (Å²) in [5.74, 6) is 0.720. The van der Waals surface area contributed by atoms with Crippen LogP contribution in [0, 0.1) is 12.3 Å². The zero-order valence-electron chi connectivity index (χ0n) is 5.43. The van der Waals surface area contributed by atoms with Crippen LogP contribution >= 0.6 is 0 Å². The van der Waals surface area contributed by atoms with Crippen LogP contribution in [-0.2, 0) is 0 Å². The lowest BCUT2D eigenvalue weighted by Crippen LogP contribution is -1.86. The molecule has 0 nitrogen and oxygen atoms in total. The fourth-order valence-corrected chi connectivity index (χ4v) is 1.01. The van der Waals surface area contributed by atoms with E-state index in [2.05, 4.69) is 25.5 Å². The molecule has 0 amide bonds. The van der Waals surface area contributed by atoms with Gasteiger partial charge in [-0.3, -0.25) is 0 Å². The summed E-state index contributed by atoms with van der Waals surface area (Å²) in [7, 11) is 0. The molecule has 45 valence electrons. The van der Waals surface area contributed by atoms with E-state index in [1.807, 2.05) is 0 Å². The lowest BCUT2D eigenvalue weighted by atomic mass is 10.1. The van der Waals surface area contributed by atoms with E-state index >= 15 is 0 Å². The van der Waals surface area contributed by atoms with Gasteiger partial charge >= 0.3 is 0 Å². The van der Waals surface area contributed by atoms with Gasteiger partial charge in [0.2, 0.25) is 0 Å². The molecule has 1 unspecified atom stereocenters. The molecule has 0 bridgehead atoms. The van der Waals surface area contributed by atoms with Crippen LogP contribution in [0.15, 0.2) is 12.2 Å². The Morgan fingerprint density at radius 3 is 3.12 bits per heavy atom. The summed E-state index contributed by atoms with van der Waals surface area (Å²) in [6.07, 6.45) is 10.9. The summed E-state index contributed by atoms with van der Waals surface area (Å²) in [4.78, 5) is 0. The molecule has 0 fully saturated rings. The highest BCUT2D eigenvalue weighted by Crippen LogP contribution is 2.14. The summed E-state index contributed by atoms with van der Waals surface area (Å²) < 4.78 is 0. The van der Waals surface area contributed by atoms with Gasteiger partial charge in [0.25, 0.3) is 0 Å². The van der Waals surface area contributed by atoms with Crippen molar-refractivity contribution in [2.24, 2.45) is 5.92 Å². The molecule has 0 aliphatic heterocycles. The average molecular weight is 109 g/mol. The molecule has 0 aromatic carbocycles. The van der Waals surface area contributed by atoms with E-state index in [0.29, 0.717) is 0 Å². The van der Waals surface area contributed by atoms with Gasteiger partial charge in [0.05, 0.1) is 0 Å². The van der Waals surface area contributed by atoms with Crippen molar-refractivity contribution in [1.82, 2.24) is 0 Å². The van der Waals surface area contributed by atoms with Gasteiger partial charge in [0.15, 0.2) is 0 Å². The summed E-state index contributed by atoms with van der Waals surface area (Å²) >= 11 is 0. The van der Waals surface area contributed by atoms with E-state index in [4.69, 9.17) is 0 Å². The maximum atomic E-state index is 2.38. The second-order valence-corrected chi connectivity index (χ2v) is 2.45. The highest BCUT2D eigenvalue weighted by Gasteiger charge is 1.99. The first-order valence-electron chi connectivity index (χ1n) is 3.39. The van der Waals surface area contributed by atoms with Crippen molar-refractivity contribution in [2.45, 2.75) is 26.2 Å². The molecule has 0 saturated heterocycles. The zero-order valence-corrected chi connectivity index (χ0v) is 5.43. The molecular weight excluding hydrogens is 96.1 g/mol. The van der Waals surface area contributed by atoms with Gasteiger partial charge in [0, 0.05) is 0 Å². The van der Waals surface area contributed by atoms with Crippen LogP contribution in [0.1, 0.15) is 26.2 Å². The van der Waals surface area contributed by atoms with Crippen LogP contribution in [-0.4, -0.2) is 0 Å². The van der Waals surface area contributed by atoms with Crippen LogP contribution in [0.4, 0.5) is 0 Å². The first-order chi connectivity index (χ1) is 3.89. The van der Waals surface area contributed by atoms with E-state index in [1.54, 1.807) is 0 Å². The van der Waals surface area contributed by atoms with E-state index in [-0.39, 0.29) is 0 Å². The topological polar surface area (TPSA) is 0 Å². The van der Waals surface area contributed by atoms with Gasteiger partial charge in [0.1, 0.15) is 0 Å². The molecule has 0 aromatic rings. The minimum atomic E-state index is 0.720. The fraction of sp³-hybridized carbons (Fsp3) is 0.625. The van der Waals surface area contributed by atoms with Crippen molar-refractivity contribution >= 4 is 0 Å². The lowest BCUT2D eigenvalue weighted by molar-refractivity contribution is 0.756. The van der Waals surface area contributed by atoms with Crippen LogP contribution in [0.3, 0.4) is 0 Å². The Balaban J connectivity index is 2.33. The average Bonchev–Trinajstić information content (AvgIpc) is 1.94. The molecular formula is C8H13. The third kappa shape index (κ3) is 1.69. The normalized spacial score (nSPS) is 29.9. The Labute approximate surface area is 51.6 Å². The summed E-state index contributed by atoms with van der Waals surface area (Å²) in [6, 6.07) is 0. The molecule has 0 aromatic heterocycles. The summed E-state index contributed by atoms with van der Waals surface area (Å²) in [5.41, 5.74) is 0. The smallest absolute Gasteiger partial charge is 0.0231 e. The molecule has 1 aliphatic carbocycles. The first kappa shape index (κ1) is 5.87. The second kappa shape index (κ2) is 2.91. The SMILES string of the molecule is CC1[CH]CCCC=C1. The Hall–Kier alpha value is -0.260. The maximum Gasteiger partial charge on any atom is -0.0231 e. The highest BCUT2D eigenvalue weighted by molar-refractivity contribution is 4.96. The molecule has 0 heterocycles.